The van der Waals surface area contributed by atoms with E-state index in [-0.39, 0.29) is 12.2 Å². The lowest BCUT2D eigenvalue weighted by molar-refractivity contribution is 0.0635. The first-order valence-electron chi connectivity index (χ1n) is 4.95. The molecule has 1 unspecified atom stereocenters. The number of rotatable bonds is 4. The van der Waals surface area contributed by atoms with Crippen LogP contribution < -0.4 is 5.32 Å². The highest BCUT2D eigenvalue weighted by Gasteiger charge is 2.19. The lowest BCUT2D eigenvalue weighted by atomic mass is 10.1. The first-order chi connectivity index (χ1) is 8.04. The van der Waals surface area contributed by atoms with Crippen molar-refractivity contribution in [3.8, 4) is 0 Å². The number of hydrogen-bond acceptors (Lipinski definition) is 4. The van der Waals surface area contributed by atoms with Crippen LogP contribution in [0.15, 0.2) is 24.3 Å². The van der Waals surface area contributed by atoms with E-state index < -0.39 is 18.1 Å². The largest absolute Gasteiger partial charge is 0.450 e. The van der Waals surface area contributed by atoms with E-state index >= 15 is 0 Å². The summed E-state index contributed by atoms with van der Waals surface area (Å²) in [6, 6.07) is 5.96. The van der Waals surface area contributed by atoms with Crippen LogP contribution in [0.4, 0.5) is 4.79 Å². The Balaban J connectivity index is 2.63. The Labute approximate surface area is 103 Å². The predicted molar refractivity (Wildman–Crippen MR) is 61.9 cm³/mol. The molecule has 6 heteroatoms. The van der Waals surface area contributed by atoms with Gasteiger partial charge in [-0.2, -0.15) is 0 Å². The fourth-order valence-corrected chi connectivity index (χ4v) is 1.25. The summed E-state index contributed by atoms with van der Waals surface area (Å²) in [4.78, 5) is 22.6. The van der Waals surface area contributed by atoms with Crippen molar-refractivity contribution in [3.05, 3.63) is 34.9 Å². The van der Waals surface area contributed by atoms with Crippen LogP contribution in [-0.4, -0.2) is 29.8 Å². The van der Waals surface area contributed by atoms with Gasteiger partial charge in [-0.15, -0.1) is 0 Å². The van der Waals surface area contributed by atoms with Gasteiger partial charge >= 0.3 is 6.09 Å². The SMILES string of the molecule is CCOC(=O)NC(O)C(=O)c1ccc(Cl)cc1. The number of alkyl carbamates (subject to hydrolysis) is 1. The molecule has 5 nitrogen and oxygen atoms in total. The van der Waals surface area contributed by atoms with Crippen LogP contribution in [0.5, 0.6) is 0 Å². The third-order valence-corrected chi connectivity index (χ3v) is 2.16. The van der Waals surface area contributed by atoms with Gasteiger partial charge in [0.1, 0.15) is 0 Å². The van der Waals surface area contributed by atoms with E-state index in [0.717, 1.165) is 0 Å². The summed E-state index contributed by atoms with van der Waals surface area (Å²) in [6.45, 7) is 1.78. The van der Waals surface area contributed by atoms with Crippen molar-refractivity contribution in [2.45, 2.75) is 13.2 Å². The Kier molecular flexibility index (Phi) is 4.93. The molecule has 1 aromatic rings. The molecule has 0 fully saturated rings. The molecule has 1 rings (SSSR count). The molecule has 2 N–H and O–H groups in total. The first kappa shape index (κ1) is 13.5. The zero-order chi connectivity index (χ0) is 12.8. The minimum Gasteiger partial charge on any atom is -0.450 e. The Hall–Kier alpha value is -1.59. The summed E-state index contributed by atoms with van der Waals surface area (Å²) in [5.74, 6) is -0.630. The van der Waals surface area contributed by atoms with Gasteiger partial charge in [0.15, 0.2) is 6.23 Å². The summed E-state index contributed by atoms with van der Waals surface area (Å²) in [5.41, 5.74) is 0.249. The van der Waals surface area contributed by atoms with Crippen molar-refractivity contribution in [3.63, 3.8) is 0 Å². The second-order valence-electron chi connectivity index (χ2n) is 3.14. The standard InChI is InChI=1S/C11H12ClNO4/c1-2-17-11(16)13-10(15)9(14)7-3-5-8(12)6-4-7/h3-6,10,15H,2H2,1H3,(H,13,16). The van der Waals surface area contributed by atoms with Gasteiger partial charge in [-0.05, 0) is 31.2 Å². The number of amides is 1. The highest BCUT2D eigenvalue weighted by Crippen LogP contribution is 2.10. The summed E-state index contributed by atoms with van der Waals surface area (Å²) in [6.07, 6.45) is -2.47. The Bertz CT molecular complexity index is 404. The molecule has 1 aromatic carbocycles. The van der Waals surface area contributed by atoms with Crippen LogP contribution in [0.1, 0.15) is 17.3 Å². The van der Waals surface area contributed by atoms with Crippen LogP contribution in [0, 0.1) is 0 Å². The number of aliphatic hydroxyl groups excluding tert-OH is 1. The second-order valence-corrected chi connectivity index (χ2v) is 3.57. The van der Waals surface area contributed by atoms with Crippen molar-refractivity contribution < 1.29 is 19.4 Å². The number of ketones is 1. The number of Topliss-reactive ketones (excluding diaryl/α,β-unsaturated/α-hetero) is 1. The molecule has 1 amide bonds. The molecule has 0 spiro atoms. The summed E-state index contributed by atoms with van der Waals surface area (Å²) < 4.78 is 4.53. The minimum absolute atomic E-state index is 0.160. The van der Waals surface area contributed by atoms with Crippen LogP contribution >= 0.6 is 11.6 Å². The van der Waals surface area contributed by atoms with Crippen LogP contribution in [0.25, 0.3) is 0 Å². The van der Waals surface area contributed by atoms with Crippen molar-refractivity contribution in [1.82, 2.24) is 5.32 Å². The van der Waals surface area contributed by atoms with Gasteiger partial charge in [-0.25, -0.2) is 4.79 Å². The normalized spacial score (nSPS) is 11.7. The van der Waals surface area contributed by atoms with Crippen molar-refractivity contribution in [2.75, 3.05) is 6.61 Å². The molecule has 1 atom stereocenters. The molecule has 0 saturated carbocycles. The molecular formula is C11H12ClNO4. The number of benzene rings is 1. The summed E-state index contributed by atoms with van der Waals surface area (Å²) in [7, 11) is 0. The lowest BCUT2D eigenvalue weighted by Gasteiger charge is -2.11. The molecule has 17 heavy (non-hydrogen) atoms. The number of aliphatic hydroxyl groups is 1. The molecule has 0 aromatic heterocycles. The third-order valence-electron chi connectivity index (χ3n) is 1.91. The number of nitrogens with one attached hydrogen (secondary N) is 1. The number of carbonyl (C=O) groups excluding carboxylic acids is 2. The average Bonchev–Trinajstić information content (AvgIpc) is 2.29. The van der Waals surface area contributed by atoms with Crippen LogP contribution in [0.2, 0.25) is 5.02 Å². The van der Waals surface area contributed by atoms with Gasteiger partial charge in [-0.1, -0.05) is 11.6 Å². The highest BCUT2D eigenvalue weighted by atomic mass is 35.5. The highest BCUT2D eigenvalue weighted by molar-refractivity contribution is 6.30. The monoisotopic (exact) mass is 257 g/mol. The average molecular weight is 258 g/mol. The van der Waals surface area contributed by atoms with Crippen molar-refractivity contribution in [2.24, 2.45) is 0 Å². The molecule has 0 radical (unpaired) electrons. The number of carbonyl (C=O) groups is 2. The Morgan fingerprint density at radius 2 is 2.00 bits per heavy atom. The van der Waals surface area contributed by atoms with E-state index in [1.165, 1.54) is 24.3 Å². The van der Waals surface area contributed by atoms with Gasteiger partial charge in [0.05, 0.1) is 6.61 Å². The molecule has 92 valence electrons. The topological polar surface area (TPSA) is 75.6 Å². The third kappa shape index (κ3) is 4.05. The fourth-order valence-electron chi connectivity index (χ4n) is 1.12. The summed E-state index contributed by atoms with van der Waals surface area (Å²) >= 11 is 5.66. The van der Waals surface area contributed by atoms with E-state index in [9.17, 15) is 14.7 Å². The van der Waals surface area contributed by atoms with E-state index in [2.05, 4.69) is 4.74 Å². The molecular weight excluding hydrogens is 246 g/mol. The van der Waals surface area contributed by atoms with Gasteiger partial charge < -0.3 is 9.84 Å². The Morgan fingerprint density at radius 1 is 1.41 bits per heavy atom. The quantitative estimate of drug-likeness (QED) is 0.634. The van der Waals surface area contributed by atoms with E-state index in [4.69, 9.17) is 11.6 Å². The van der Waals surface area contributed by atoms with Crippen LogP contribution in [-0.2, 0) is 4.74 Å². The van der Waals surface area contributed by atoms with Crippen molar-refractivity contribution >= 4 is 23.5 Å². The van der Waals surface area contributed by atoms with Crippen LogP contribution in [0.3, 0.4) is 0 Å². The smallest absolute Gasteiger partial charge is 0.409 e. The molecule has 0 bridgehead atoms. The van der Waals surface area contributed by atoms with Crippen molar-refractivity contribution in [1.29, 1.82) is 0 Å². The lowest BCUT2D eigenvalue weighted by Crippen LogP contribution is -2.40. The maximum absolute atomic E-state index is 11.6. The van der Waals surface area contributed by atoms with Gasteiger partial charge in [0.25, 0.3) is 0 Å². The van der Waals surface area contributed by atoms with Gasteiger partial charge in [0.2, 0.25) is 5.78 Å². The molecule has 0 heterocycles. The maximum atomic E-state index is 11.6. The van der Waals surface area contributed by atoms with E-state index in [1.54, 1.807) is 6.92 Å². The number of halogens is 1. The fraction of sp³-hybridized carbons (Fsp3) is 0.273. The zero-order valence-corrected chi connectivity index (χ0v) is 9.90. The van der Waals surface area contributed by atoms with Gasteiger partial charge in [0, 0.05) is 10.6 Å². The number of hydrogen-bond donors (Lipinski definition) is 2. The number of ether oxygens (including phenoxy) is 1. The molecule has 0 saturated heterocycles. The maximum Gasteiger partial charge on any atom is 0.409 e. The molecule has 0 aliphatic heterocycles. The molecule has 0 aliphatic carbocycles. The summed E-state index contributed by atoms with van der Waals surface area (Å²) in [5, 5.41) is 11.9. The minimum atomic E-state index is -1.63. The van der Waals surface area contributed by atoms with Gasteiger partial charge in [-0.3, -0.25) is 10.1 Å². The Morgan fingerprint density at radius 3 is 2.53 bits per heavy atom. The second kappa shape index (κ2) is 6.22. The molecule has 0 aliphatic rings. The predicted octanol–water partition coefficient (Wildman–Crippen LogP) is 1.59. The zero-order valence-electron chi connectivity index (χ0n) is 9.14. The first-order valence-corrected chi connectivity index (χ1v) is 5.33. The van der Waals surface area contributed by atoms with E-state index in [1.807, 2.05) is 5.32 Å². The van der Waals surface area contributed by atoms with E-state index in [0.29, 0.717) is 5.02 Å².